The van der Waals surface area contributed by atoms with Gasteiger partial charge in [-0.1, -0.05) is 6.08 Å². The van der Waals surface area contributed by atoms with Gasteiger partial charge < -0.3 is 19.4 Å². The van der Waals surface area contributed by atoms with Crippen LogP contribution in [0, 0.1) is 5.41 Å². The molecule has 120 valence electrons. The van der Waals surface area contributed by atoms with E-state index in [1.54, 1.807) is 6.26 Å². The third kappa shape index (κ3) is 3.53. The van der Waals surface area contributed by atoms with Crippen molar-refractivity contribution in [3.05, 3.63) is 36.8 Å². The van der Waals surface area contributed by atoms with Crippen molar-refractivity contribution in [3.63, 3.8) is 0 Å². The summed E-state index contributed by atoms with van der Waals surface area (Å²) >= 11 is 0. The lowest BCUT2D eigenvalue weighted by atomic mass is 9.87. The molecule has 0 bridgehead atoms. The lowest BCUT2D eigenvalue weighted by Crippen LogP contribution is -2.41. The first-order valence-corrected chi connectivity index (χ1v) is 8.06. The van der Waals surface area contributed by atoms with E-state index in [1.807, 2.05) is 18.2 Å². The largest absolute Gasteiger partial charge is 0.469 e. The van der Waals surface area contributed by atoms with E-state index >= 15 is 0 Å². The zero-order valence-electron chi connectivity index (χ0n) is 13.1. The average Bonchev–Trinajstić information content (AvgIpc) is 3.26. The van der Waals surface area contributed by atoms with Crippen LogP contribution in [-0.2, 0) is 11.2 Å². The van der Waals surface area contributed by atoms with Gasteiger partial charge in [0.05, 0.1) is 12.9 Å². The van der Waals surface area contributed by atoms with E-state index in [9.17, 15) is 0 Å². The fraction of sp³-hybridized carbons (Fsp3) is 0.588. The number of ether oxygens (including phenoxy) is 1. The minimum atomic E-state index is 0.345. The summed E-state index contributed by atoms with van der Waals surface area (Å²) < 4.78 is 11.0. The number of hydrogen-bond donors (Lipinski definition) is 1. The van der Waals surface area contributed by atoms with Crippen molar-refractivity contribution in [2.75, 3.05) is 39.4 Å². The summed E-state index contributed by atoms with van der Waals surface area (Å²) in [5.41, 5.74) is 0.345. The number of furan rings is 1. The summed E-state index contributed by atoms with van der Waals surface area (Å²) in [6.07, 6.45) is 6.77. The number of aliphatic imine (C=N–C) groups is 1. The normalized spacial score (nSPS) is 25.1. The van der Waals surface area contributed by atoms with Crippen LogP contribution in [0.4, 0.5) is 0 Å². The molecule has 0 aromatic carbocycles. The van der Waals surface area contributed by atoms with Crippen LogP contribution < -0.4 is 5.32 Å². The molecule has 0 aliphatic carbocycles. The maximum Gasteiger partial charge on any atom is 0.194 e. The van der Waals surface area contributed by atoms with Gasteiger partial charge in [-0.2, -0.15) is 0 Å². The molecule has 1 N–H and O–H groups in total. The average molecular weight is 303 g/mol. The third-order valence-electron chi connectivity index (χ3n) is 4.53. The molecule has 2 fully saturated rings. The Morgan fingerprint density at radius 1 is 1.50 bits per heavy atom. The van der Waals surface area contributed by atoms with E-state index < -0.39 is 0 Å². The molecule has 22 heavy (non-hydrogen) atoms. The molecule has 1 aromatic rings. The molecule has 3 heterocycles. The summed E-state index contributed by atoms with van der Waals surface area (Å²) in [7, 11) is 0. The number of guanidine groups is 1. The maximum absolute atomic E-state index is 5.61. The van der Waals surface area contributed by atoms with Crippen LogP contribution in [0.5, 0.6) is 0 Å². The second-order valence-corrected chi connectivity index (χ2v) is 6.18. The van der Waals surface area contributed by atoms with Crippen LogP contribution in [0.2, 0.25) is 0 Å². The van der Waals surface area contributed by atoms with E-state index in [0.717, 1.165) is 57.5 Å². The summed E-state index contributed by atoms with van der Waals surface area (Å²) in [4.78, 5) is 7.12. The topological polar surface area (TPSA) is 50.0 Å². The van der Waals surface area contributed by atoms with Crippen molar-refractivity contribution in [2.45, 2.75) is 19.3 Å². The Morgan fingerprint density at radius 3 is 3.18 bits per heavy atom. The van der Waals surface area contributed by atoms with Gasteiger partial charge in [-0.15, -0.1) is 6.58 Å². The molecule has 0 saturated carbocycles. The Balaban J connectivity index is 1.60. The molecule has 1 atom stereocenters. The lowest BCUT2D eigenvalue weighted by molar-refractivity contribution is 0.156. The zero-order valence-corrected chi connectivity index (χ0v) is 13.1. The van der Waals surface area contributed by atoms with E-state index in [-0.39, 0.29) is 0 Å². The highest BCUT2D eigenvalue weighted by Crippen LogP contribution is 2.38. The predicted molar refractivity (Wildman–Crippen MR) is 87.0 cm³/mol. The highest BCUT2D eigenvalue weighted by Gasteiger charge is 2.42. The molecule has 1 aromatic heterocycles. The summed E-state index contributed by atoms with van der Waals surface area (Å²) in [5, 5.41) is 3.38. The fourth-order valence-electron chi connectivity index (χ4n) is 3.25. The second kappa shape index (κ2) is 7.01. The van der Waals surface area contributed by atoms with Crippen LogP contribution >= 0.6 is 0 Å². The second-order valence-electron chi connectivity index (χ2n) is 6.18. The van der Waals surface area contributed by atoms with Crippen LogP contribution in [-0.4, -0.2) is 50.3 Å². The first kappa shape index (κ1) is 15.2. The highest BCUT2D eigenvalue weighted by atomic mass is 16.5. The molecule has 0 amide bonds. The molecule has 1 unspecified atom stereocenters. The molecule has 5 nitrogen and oxygen atoms in total. The van der Waals surface area contributed by atoms with Gasteiger partial charge in [0.2, 0.25) is 0 Å². The van der Waals surface area contributed by atoms with Gasteiger partial charge in [0.15, 0.2) is 5.96 Å². The monoisotopic (exact) mass is 303 g/mol. The Hall–Kier alpha value is -1.75. The van der Waals surface area contributed by atoms with E-state index in [4.69, 9.17) is 14.1 Å². The van der Waals surface area contributed by atoms with Crippen molar-refractivity contribution in [1.29, 1.82) is 0 Å². The Kier molecular flexibility index (Phi) is 4.83. The molecule has 0 radical (unpaired) electrons. The predicted octanol–water partition coefficient (Wildman–Crippen LogP) is 2.07. The van der Waals surface area contributed by atoms with E-state index in [0.29, 0.717) is 5.41 Å². The lowest BCUT2D eigenvalue weighted by Gasteiger charge is -2.25. The van der Waals surface area contributed by atoms with Gasteiger partial charge in [-0.3, -0.25) is 4.99 Å². The molecule has 1 spiro atoms. The number of nitrogens with zero attached hydrogens (tertiary/aromatic N) is 2. The minimum absolute atomic E-state index is 0.345. The third-order valence-corrected chi connectivity index (χ3v) is 4.53. The Morgan fingerprint density at radius 2 is 2.45 bits per heavy atom. The highest BCUT2D eigenvalue weighted by molar-refractivity contribution is 5.80. The van der Waals surface area contributed by atoms with Gasteiger partial charge in [0, 0.05) is 44.6 Å². The minimum Gasteiger partial charge on any atom is -0.469 e. The summed E-state index contributed by atoms with van der Waals surface area (Å²) in [6, 6.07) is 3.91. The van der Waals surface area contributed by atoms with Gasteiger partial charge in [-0.05, 0) is 25.0 Å². The number of rotatable bonds is 5. The first-order chi connectivity index (χ1) is 10.8. The standard InChI is InChI=1S/C17H25N3O2/c1-2-8-18-16(19-9-5-15-4-3-11-22-15)20-10-6-17(13-20)7-12-21-14-17/h2-4,11H,1,5-10,12-14H2,(H,18,19). The van der Waals surface area contributed by atoms with Crippen molar-refractivity contribution in [3.8, 4) is 0 Å². The Bertz CT molecular complexity index is 504. The van der Waals surface area contributed by atoms with Crippen molar-refractivity contribution < 1.29 is 9.15 Å². The van der Waals surface area contributed by atoms with Gasteiger partial charge in [0.25, 0.3) is 0 Å². The molecule has 2 aliphatic rings. The van der Waals surface area contributed by atoms with Gasteiger partial charge in [-0.25, -0.2) is 0 Å². The SMILES string of the molecule is C=CCNC(=NCCc1ccco1)N1CCC2(CCOC2)C1. The van der Waals surface area contributed by atoms with Crippen molar-refractivity contribution >= 4 is 5.96 Å². The summed E-state index contributed by atoms with van der Waals surface area (Å²) in [5.74, 6) is 1.96. The summed E-state index contributed by atoms with van der Waals surface area (Å²) in [6.45, 7) is 9.13. The van der Waals surface area contributed by atoms with Gasteiger partial charge in [0.1, 0.15) is 5.76 Å². The fourth-order valence-corrected chi connectivity index (χ4v) is 3.25. The first-order valence-electron chi connectivity index (χ1n) is 8.06. The smallest absolute Gasteiger partial charge is 0.194 e. The molecular formula is C17H25N3O2. The molecular weight excluding hydrogens is 278 g/mol. The number of hydrogen-bond acceptors (Lipinski definition) is 3. The quantitative estimate of drug-likeness (QED) is 0.514. The van der Waals surface area contributed by atoms with E-state index in [2.05, 4.69) is 16.8 Å². The molecule has 2 saturated heterocycles. The Labute approximate surface area is 132 Å². The van der Waals surface area contributed by atoms with Gasteiger partial charge >= 0.3 is 0 Å². The van der Waals surface area contributed by atoms with Crippen LogP contribution in [0.1, 0.15) is 18.6 Å². The van der Waals surface area contributed by atoms with Crippen molar-refractivity contribution in [1.82, 2.24) is 10.2 Å². The van der Waals surface area contributed by atoms with E-state index in [1.165, 1.54) is 12.8 Å². The van der Waals surface area contributed by atoms with Crippen LogP contribution in [0.3, 0.4) is 0 Å². The molecule has 2 aliphatic heterocycles. The number of nitrogens with one attached hydrogen (secondary N) is 1. The zero-order chi connectivity index (χ0) is 15.3. The van der Waals surface area contributed by atoms with Crippen LogP contribution in [0.15, 0.2) is 40.5 Å². The molecule has 5 heteroatoms. The van der Waals surface area contributed by atoms with Crippen molar-refractivity contribution in [2.24, 2.45) is 10.4 Å². The maximum atomic E-state index is 5.61. The van der Waals surface area contributed by atoms with Crippen LogP contribution in [0.25, 0.3) is 0 Å². The number of likely N-dealkylation sites (tertiary alicyclic amines) is 1. The molecule has 3 rings (SSSR count).